The fourth-order valence-electron chi connectivity index (χ4n) is 1.81. The second-order valence-corrected chi connectivity index (χ2v) is 5.77. The lowest BCUT2D eigenvalue weighted by Gasteiger charge is -2.03. The van der Waals surface area contributed by atoms with Gasteiger partial charge in [0.2, 0.25) is 0 Å². The van der Waals surface area contributed by atoms with Gasteiger partial charge < -0.3 is 4.74 Å². The number of hydrogen-bond donors (Lipinski definition) is 0. The van der Waals surface area contributed by atoms with Gasteiger partial charge in [-0.3, -0.25) is 4.98 Å². The Hall–Kier alpha value is -2.15. The summed E-state index contributed by atoms with van der Waals surface area (Å²) in [5.41, 5.74) is 1.17. The molecule has 0 atom stereocenters. The summed E-state index contributed by atoms with van der Waals surface area (Å²) in [6, 6.07) is 3.66. The first kappa shape index (κ1) is 17.2. The number of esters is 1. The van der Waals surface area contributed by atoms with Crippen molar-refractivity contribution >= 4 is 17.3 Å². The zero-order valence-electron chi connectivity index (χ0n) is 12.6. The Labute approximate surface area is 136 Å². The molecule has 0 saturated carbocycles. The number of carbonyl (C=O) groups excluding carboxylic acids is 1. The van der Waals surface area contributed by atoms with Crippen molar-refractivity contribution < 1.29 is 18.3 Å². The van der Waals surface area contributed by atoms with Gasteiger partial charge in [-0.15, -0.1) is 11.3 Å². The molecule has 0 aliphatic carbocycles. The Balaban J connectivity index is 1.79. The Morgan fingerprint density at radius 3 is 2.87 bits per heavy atom. The number of allylic oxidation sites excluding steroid dienone is 1. The number of hydrogen-bond acceptors (Lipinski definition) is 5. The van der Waals surface area contributed by atoms with Crippen molar-refractivity contribution in [2.45, 2.75) is 26.2 Å². The Morgan fingerprint density at radius 2 is 2.17 bits per heavy atom. The van der Waals surface area contributed by atoms with E-state index in [4.69, 9.17) is 4.74 Å². The maximum Gasteiger partial charge on any atom is 0.357 e. The van der Waals surface area contributed by atoms with E-state index in [9.17, 15) is 13.6 Å². The van der Waals surface area contributed by atoms with Crippen molar-refractivity contribution in [1.82, 2.24) is 9.97 Å². The highest BCUT2D eigenvalue weighted by atomic mass is 32.1. The molecule has 122 valence electrons. The first-order chi connectivity index (χ1) is 11.1. The van der Waals surface area contributed by atoms with Crippen LogP contribution in [0.5, 0.6) is 0 Å². The Bertz CT molecular complexity index is 682. The smallest absolute Gasteiger partial charge is 0.357 e. The highest BCUT2D eigenvalue weighted by molar-refractivity contribution is 7.13. The van der Waals surface area contributed by atoms with E-state index in [1.54, 1.807) is 23.8 Å². The molecular weight excluding hydrogens is 322 g/mol. The number of thiazole rings is 1. The molecular formula is C16H16F2N2O2S. The van der Waals surface area contributed by atoms with Gasteiger partial charge in [0.15, 0.2) is 5.69 Å². The molecule has 2 aromatic heterocycles. The van der Waals surface area contributed by atoms with Crippen LogP contribution in [-0.2, 0) is 4.74 Å². The normalized spacial score (nSPS) is 10.4. The summed E-state index contributed by atoms with van der Waals surface area (Å²) in [5, 5.41) is 2.33. The lowest BCUT2D eigenvalue weighted by atomic mass is 10.1. The minimum atomic E-state index is -1.63. The summed E-state index contributed by atoms with van der Waals surface area (Å²) < 4.78 is 29.5. The third-order valence-electron chi connectivity index (χ3n) is 3.12. The number of nitrogens with zero attached hydrogens (tertiary/aromatic N) is 2. The molecule has 0 spiro atoms. The van der Waals surface area contributed by atoms with Crippen LogP contribution >= 0.6 is 11.3 Å². The monoisotopic (exact) mass is 338 g/mol. The summed E-state index contributed by atoms with van der Waals surface area (Å²) in [6.07, 6.45) is 3.10. The van der Waals surface area contributed by atoms with Gasteiger partial charge in [-0.25, -0.2) is 9.78 Å². The molecule has 0 bridgehead atoms. The van der Waals surface area contributed by atoms with Crippen molar-refractivity contribution in [3.63, 3.8) is 0 Å². The molecule has 0 aliphatic heterocycles. The van der Waals surface area contributed by atoms with Crippen LogP contribution in [0.2, 0.25) is 0 Å². The number of unbranched alkanes of at least 4 members (excludes halogenated alkanes) is 1. The van der Waals surface area contributed by atoms with E-state index in [0.717, 1.165) is 5.56 Å². The van der Waals surface area contributed by atoms with Gasteiger partial charge in [0.25, 0.3) is 6.08 Å². The van der Waals surface area contributed by atoms with Crippen LogP contribution < -0.4 is 0 Å². The third kappa shape index (κ3) is 5.21. The molecule has 0 saturated heterocycles. The van der Waals surface area contributed by atoms with E-state index in [0.29, 0.717) is 24.3 Å². The van der Waals surface area contributed by atoms with Crippen molar-refractivity contribution in [3.8, 4) is 10.6 Å². The molecule has 7 heteroatoms. The first-order valence-electron chi connectivity index (χ1n) is 7.11. The summed E-state index contributed by atoms with van der Waals surface area (Å²) in [5.74, 6) is -0.500. The zero-order valence-corrected chi connectivity index (χ0v) is 13.4. The molecule has 23 heavy (non-hydrogen) atoms. The first-order valence-corrected chi connectivity index (χ1v) is 7.99. The molecule has 0 aliphatic rings. The number of aromatic nitrogens is 2. The predicted octanol–water partition coefficient (Wildman–Crippen LogP) is 4.70. The van der Waals surface area contributed by atoms with Gasteiger partial charge in [0.1, 0.15) is 5.01 Å². The van der Waals surface area contributed by atoms with Crippen LogP contribution in [0.1, 0.15) is 36.7 Å². The van der Waals surface area contributed by atoms with Crippen molar-refractivity contribution in [2.24, 2.45) is 0 Å². The third-order valence-corrected chi connectivity index (χ3v) is 4.02. The molecule has 0 fully saturated rings. The molecule has 0 N–H and O–H groups in total. The second-order valence-electron chi connectivity index (χ2n) is 4.91. The van der Waals surface area contributed by atoms with Crippen LogP contribution in [0.4, 0.5) is 8.78 Å². The number of ether oxygens (including phenoxy) is 1. The lowest BCUT2D eigenvalue weighted by molar-refractivity contribution is 0.0492. The maximum atomic E-state index is 12.2. The average Bonchev–Trinajstić information content (AvgIpc) is 3.05. The van der Waals surface area contributed by atoms with Gasteiger partial charge in [-0.05, 0) is 43.9 Å². The zero-order chi connectivity index (χ0) is 16.7. The van der Waals surface area contributed by atoms with Crippen LogP contribution in [0, 0.1) is 0 Å². The minimum Gasteiger partial charge on any atom is -0.461 e. The highest BCUT2D eigenvalue weighted by Crippen LogP contribution is 2.23. The molecule has 0 unspecified atom stereocenters. The topological polar surface area (TPSA) is 52.1 Å². The van der Waals surface area contributed by atoms with Gasteiger partial charge >= 0.3 is 5.97 Å². The largest absolute Gasteiger partial charge is 0.461 e. The molecule has 2 aromatic rings. The maximum absolute atomic E-state index is 12.2. The van der Waals surface area contributed by atoms with E-state index in [2.05, 4.69) is 9.97 Å². The van der Waals surface area contributed by atoms with E-state index in [1.165, 1.54) is 18.3 Å². The van der Waals surface area contributed by atoms with Crippen molar-refractivity contribution in [2.75, 3.05) is 6.61 Å². The standard InChI is InChI=1S/C16H16F2N2O2S/c1-11(14(17)18)5-2-3-8-22-16(21)13-10-23-15(20-13)12-6-4-7-19-9-12/h4,6-7,9-10H,2-3,5,8H2,1H3. The van der Waals surface area contributed by atoms with E-state index >= 15 is 0 Å². The molecule has 0 amide bonds. The van der Waals surface area contributed by atoms with Crippen LogP contribution in [0.15, 0.2) is 41.6 Å². The number of carbonyl (C=O) groups is 1. The molecule has 0 aromatic carbocycles. The van der Waals surface area contributed by atoms with Gasteiger partial charge in [0.05, 0.1) is 6.61 Å². The van der Waals surface area contributed by atoms with E-state index in [-0.39, 0.29) is 17.9 Å². The van der Waals surface area contributed by atoms with E-state index in [1.807, 2.05) is 6.07 Å². The highest BCUT2D eigenvalue weighted by Gasteiger charge is 2.13. The predicted molar refractivity (Wildman–Crippen MR) is 84.4 cm³/mol. The summed E-state index contributed by atoms with van der Waals surface area (Å²) in [6.45, 7) is 1.59. The second kappa shape index (κ2) is 8.47. The van der Waals surface area contributed by atoms with Crippen LogP contribution in [0.3, 0.4) is 0 Å². The Morgan fingerprint density at radius 1 is 1.35 bits per heavy atom. The van der Waals surface area contributed by atoms with E-state index < -0.39 is 12.0 Å². The molecule has 4 nitrogen and oxygen atoms in total. The summed E-state index contributed by atoms with van der Waals surface area (Å²) >= 11 is 1.34. The van der Waals surface area contributed by atoms with Gasteiger partial charge in [0, 0.05) is 23.3 Å². The molecule has 0 radical (unpaired) electrons. The fraction of sp³-hybridized carbons (Fsp3) is 0.312. The average molecular weight is 338 g/mol. The minimum absolute atomic E-state index is 0.0805. The van der Waals surface area contributed by atoms with Gasteiger partial charge in [-0.1, -0.05) is 0 Å². The fourth-order valence-corrected chi connectivity index (χ4v) is 2.59. The quantitative estimate of drug-likeness (QED) is 0.542. The van der Waals surface area contributed by atoms with Crippen LogP contribution in [-0.4, -0.2) is 22.5 Å². The summed E-state index contributed by atoms with van der Waals surface area (Å²) in [4.78, 5) is 20.1. The number of rotatable bonds is 7. The van der Waals surface area contributed by atoms with Crippen molar-refractivity contribution in [3.05, 3.63) is 47.3 Å². The van der Waals surface area contributed by atoms with Crippen molar-refractivity contribution in [1.29, 1.82) is 0 Å². The molecule has 2 heterocycles. The number of pyridine rings is 1. The Kier molecular flexibility index (Phi) is 6.34. The number of halogens is 2. The van der Waals surface area contributed by atoms with Gasteiger partial charge in [-0.2, -0.15) is 8.78 Å². The summed E-state index contributed by atoms with van der Waals surface area (Å²) in [7, 11) is 0. The van der Waals surface area contributed by atoms with Crippen LogP contribution in [0.25, 0.3) is 10.6 Å². The molecule has 2 rings (SSSR count). The SMILES string of the molecule is CC(CCCCOC(=O)c1csc(-c2cccnc2)n1)=C(F)F. The lowest BCUT2D eigenvalue weighted by Crippen LogP contribution is -2.07.